The van der Waals surface area contributed by atoms with Gasteiger partial charge >= 0.3 is 5.63 Å². The topological polar surface area (TPSA) is 77.8 Å². The zero-order valence-corrected chi connectivity index (χ0v) is 7.52. The lowest BCUT2D eigenvalue weighted by molar-refractivity contribution is 0.558. The first-order valence-corrected chi connectivity index (χ1v) is 4.14. The van der Waals surface area contributed by atoms with Crippen molar-refractivity contribution in [1.29, 1.82) is 10.5 Å². The maximum Gasteiger partial charge on any atom is 0.355 e. The second kappa shape index (κ2) is 3.28. The molecule has 2 aromatic rings. The van der Waals surface area contributed by atoms with Crippen LogP contribution in [0, 0.1) is 22.7 Å². The highest BCUT2D eigenvalue weighted by atomic mass is 16.4. The molecule has 4 nitrogen and oxygen atoms in total. The smallest absolute Gasteiger partial charge is 0.355 e. The molecule has 0 saturated heterocycles. The molecule has 0 amide bonds. The lowest BCUT2D eigenvalue weighted by Gasteiger charge is -1.98. The minimum atomic E-state index is -0.771. The first kappa shape index (κ1) is 8.98. The van der Waals surface area contributed by atoms with Crippen molar-refractivity contribution in [3.63, 3.8) is 0 Å². The van der Waals surface area contributed by atoms with Gasteiger partial charge in [-0.25, -0.2) is 4.79 Å². The third kappa shape index (κ3) is 1.25. The number of hydrogen-bond donors (Lipinski definition) is 0. The van der Waals surface area contributed by atoms with Crippen LogP contribution in [0.3, 0.4) is 0 Å². The predicted molar refractivity (Wildman–Crippen MR) is 51.9 cm³/mol. The van der Waals surface area contributed by atoms with Gasteiger partial charge in [0.05, 0.1) is 5.56 Å². The molecule has 0 N–H and O–H groups in total. The van der Waals surface area contributed by atoms with Crippen LogP contribution in [0.1, 0.15) is 11.1 Å². The van der Waals surface area contributed by atoms with Crippen molar-refractivity contribution in [1.82, 2.24) is 0 Å². The zero-order chi connectivity index (χ0) is 10.8. The molecule has 0 fully saturated rings. The van der Waals surface area contributed by atoms with Crippen LogP contribution in [0.5, 0.6) is 0 Å². The molecule has 4 heteroatoms. The van der Waals surface area contributed by atoms with E-state index >= 15 is 0 Å². The van der Waals surface area contributed by atoms with E-state index in [9.17, 15) is 4.79 Å². The maximum atomic E-state index is 11.3. The van der Waals surface area contributed by atoms with Gasteiger partial charge in [-0.15, -0.1) is 0 Å². The molecule has 0 radical (unpaired) electrons. The molecule has 0 unspecified atom stereocenters. The summed E-state index contributed by atoms with van der Waals surface area (Å²) in [5.41, 5.74) is -0.619. The van der Waals surface area contributed by atoms with Crippen molar-refractivity contribution in [3.05, 3.63) is 45.8 Å². The average Bonchev–Trinajstić information content (AvgIpc) is 2.27. The highest BCUT2D eigenvalue weighted by Crippen LogP contribution is 2.18. The number of nitrogens with zero attached hydrogens (tertiary/aromatic N) is 2. The van der Waals surface area contributed by atoms with Crippen LogP contribution in [0.15, 0.2) is 33.5 Å². The number of fused-ring (bicyclic) bond motifs is 1. The van der Waals surface area contributed by atoms with Crippen LogP contribution in [-0.2, 0) is 0 Å². The molecule has 1 heterocycles. The van der Waals surface area contributed by atoms with Gasteiger partial charge in [0.25, 0.3) is 0 Å². The van der Waals surface area contributed by atoms with Crippen molar-refractivity contribution in [2.75, 3.05) is 0 Å². The summed E-state index contributed by atoms with van der Waals surface area (Å²) in [5, 5.41) is 18.1. The van der Waals surface area contributed by atoms with Crippen molar-refractivity contribution < 1.29 is 4.42 Å². The molecule has 0 atom stereocenters. The van der Waals surface area contributed by atoms with Crippen LogP contribution >= 0.6 is 0 Å². The van der Waals surface area contributed by atoms with Crippen molar-refractivity contribution in [2.45, 2.75) is 0 Å². The van der Waals surface area contributed by atoms with Gasteiger partial charge in [-0.05, 0) is 12.1 Å². The summed E-state index contributed by atoms with van der Waals surface area (Å²) in [4.78, 5) is 11.3. The highest BCUT2D eigenvalue weighted by molar-refractivity contribution is 5.84. The predicted octanol–water partition coefficient (Wildman–Crippen LogP) is 1.54. The molecule has 0 spiro atoms. The molecular weight excluding hydrogens is 192 g/mol. The van der Waals surface area contributed by atoms with Crippen molar-refractivity contribution in [3.8, 4) is 12.1 Å². The second-order valence-electron chi connectivity index (χ2n) is 2.86. The fraction of sp³-hybridized carbons (Fsp3) is 0. The van der Waals surface area contributed by atoms with E-state index in [0.717, 1.165) is 0 Å². The van der Waals surface area contributed by atoms with E-state index in [4.69, 9.17) is 14.9 Å². The van der Waals surface area contributed by atoms with Crippen LogP contribution in [0.4, 0.5) is 0 Å². The molecule has 15 heavy (non-hydrogen) atoms. The minimum Gasteiger partial charge on any atom is -0.422 e. The SMILES string of the molecule is N#Cc1c(C#N)c2ccccc2oc1=O. The molecule has 0 bridgehead atoms. The third-order valence-electron chi connectivity index (χ3n) is 2.04. The first-order valence-electron chi connectivity index (χ1n) is 4.14. The Kier molecular flexibility index (Phi) is 1.97. The molecular formula is C11H4N2O2. The Morgan fingerprint density at radius 1 is 1.07 bits per heavy atom. The monoisotopic (exact) mass is 196 g/mol. The Morgan fingerprint density at radius 3 is 2.40 bits per heavy atom. The van der Waals surface area contributed by atoms with E-state index < -0.39 is 5.63 Å². The molecule has 0 saturated carbocycles. The van der Waals surface area contributed by atoms with Gasteiger partial charge in [0, 0.05) is 5.39 Å². The lowest BCUT2D eigenvalue weighted by Crippen LogP contribution is -2.06. The Morgan fingerprint density at radius 2 is 1.73 bits per heavy atom. The van der Waals surface area contributed by atoms with Gasteiger partial charge in [0.15, 0.2) is 5.56 Å². The number of benzene rings is 1. The van der Waals surface area contributed by atoms with Crippen molar-refractivity contribution in [2.24, 2.45) is 0 Å². The summed E-state index contributed by atoms with van der Waals surface area (Å²) in [7, 11) is 0. The molecule has 1 aromatic heterocycles. The van der Waals surface area contributed by atoms with Crippen LogP contribution in [0.2, 0.25) is 0 Å². The Hall–Kier alpha value is -2.59. The standard InChI is InChI=1S/C11H4N2O2/c12-5-8-7-3-1-2-4-10(7)15-11(14)9(8)6-13/h1-4H. The van der Waals surface area contributed by atoms with Gasteiger partial charge in [-0.1, -0.05) is 12.1 Å². The zero-order valence-electron chi connectivity index (χ0n) is 7.52. The fourth-order valence-electron chi connectivity index (χ4n) is 1.37. The van der Waals surface area contributed by atoms with Gasteiger partial charge in [-0.3, -0.25) is 0 Å². The summed E-state index contributed by atoms with van der Waals surface area (Å²) in [6.07, 6.45) is 0. The first-order chi connectivity index (χ1) is 7.27. The number of nitriles is 2. The van der Waals surface area contributed by atoms with Gasteiger partial charge < -0.3 is 4.42 Å². The largest absolute Gasteiger partial charge is 0.422 e. The molecule has 0 aliphatic carbocycles. The maximum absolute atomic E-state index is 11.3. The summed E-state index contributed by atoms with van der Waals surface area (Å²) in [6, 6.07) is 10.2. The van der Waals surface area contributed by atoms with E-state index in [0.29, 0.717) is 11.0 Å². The second-order valence-corrected chi connectivity index (χ2v) is 2.86. The Balaban J connectivity index is 3.08. The van der Waals surface area contributed by atoms with Crippen LogP contribution in [-0.4, -0.2) is 0 Å². The lowest BCUT2D eigenvalue weighted by atomic mass is 10.1. The summed E-state index contributed by atoms with van der Waals surface area (Å²) >= 11 is 0. The molecule has 2 rings (SSSR count). The molecule has 0 aliphatic heterocycles. The van der Waals surface area contributed by atoms with Crippen LogP contribution in [0.25, 0.3) is 11.0 Å². The van der Waals surface area contributed by atoms with Crippen LogP contribution < -0.4 is 5.63 Å². The molecule has 1 aromatic carbocycles. The van der Waals surface area contributed by atoms with E-state index in [-0.39, 0.29) is 11.1 Å². The molecule has 70 valence electrons. The highest BCUT2D eigenvalue weighted by Gasteiger charge is 2.12. The van der Waals surface area contributed by atoms with E-state index in [1.807, 2.05) is 6.07 Å². The third-order valence-corrected chi connectivity index (χ3v) is 2.04. The van der Waals surface area contributed by atoms with Gasteiger partial charge in [-0.2, -0.15) is 10.5 Å². The quantitative estimate of drug-likeness (QED) is 0.598. The number of para-hydroxylation sites is 1. The normalized spacial score (nSPS) is 9.47. The Labute approximate surface area is 84.6 Å². The van der Waals surface area contributed by atoms with E-state index in [1.54, 1.807) is 30.3 Å². The summed E-state index contributed by atoms with van der Waals surface area (Å²) in [6.45, 7) is 0. The minimum absolute atomic E-state index is 0.0735. The fourth-order valence-corrected chi connectivity index (χ4v) is 1.37. The van der Waals surface area contributed by atoms with Gasteiger partial charge in [0.1, 0.15) is 17.7 Å². The van der Waals surface area contributed by atoms with E-state index in [1.165, 1.54) is 0 Å². The number of rotatable bonds is 0. The average molecular weight is 196 g/mol. The molecule has 0 aliphatic rings. The summed E-state index contributed by atoms with van der Waals surface area (Å²) in [5.74, 6) is 0. The Bertz CT molecular complexity index is 672. The summed E-state index contributed by atoms with van der Waals surface area (Å²) < 4.78 is 4.90. The van der Waals surface area contributed by atoms with E-state index in [2.05, 4.69) is 0 Å². The van der Waals surface area contributed by atoms with Gasteiger partial charge in [0.2, 0.25) is 0 Å². The number of hydrogen-bond acceptors (Lipinski definition) is 4. The van der Waals surface area contributed by atoms with Crippen molar-refractivity contribution >= 4 is 11.0 Å².